The van der Waals surface area contributed by atoms with Gasteiger partial charge in [-0.15, -0.1) is 0 Å². The topological polar surface area (TPSA) is 15.7 Å². The molecule has 0 radical (unpaired) electrons. The van der Waals surface area contributed by atoms with E-state index in [-0.39, 0.29) is 0 Å². The average molecular weight is 282 g/mol. The van der Waals surface area contributed by atoms with Crippen LogP contribution in [0.4, 0.5) is 0 Å². The normalized spacial score (nSPS) is 27.6. The van der Waals surface area contributed by atoms with Gasteiger partial charge >= 0.3 is 0 Å². The fraction of sp³-hybridized carbons (Fsp3) is 1.00. The van der Waals surface area contributed by atoms with Crippen molar-refractivity contribution in [1.29, 1.82) is 0 Å². The van der Waals surface area contributed by atoms with Crippen LogP contribution in [0.2, 0.25) is 0 Å². The molecule has 3 heteroatoms. The van der Waals surface area contributed by atoms with Gasteiger partial charge in [0.1, 0.15) is 0 Å². The quantitative estimate of drug-likeness (QED) is 0.771. The summed E-state index contributed by atoms with van der Waals surface area (Å²) in [5, 5.41) is 0. The number of likely N-dealkylation sites (tertiary alicyclic amines) is 1. The van der Waals surface area contributed by atoms with Crippen LogP contribution >= 0.6 is 0 Å². The number of piperidine rings is 1. The maximum Gasteiger partial charge on any atom is 0.0829 e. The van der Waals surface area contributed by atoms with Crippen LogP contribution in [0, 0.1) is 17.8 Å². The molecular weight excluding hydrogens is 248 g/mol. The molecule has 2 aliphatic rings. The van der Waals surface area contributed by atoms with Crippen LogP contribution < -0.4 is 0 Å². The summed E-state index contributed by atoms with van der Waals surface area (Å²) in [5.41, 5.74) is 0. The number of ether oxygens (including phenoxy) is 1. The SMILES string of the molecule is CC(C)CN1CCO[C@H](CN2CCC(C(C)C)CC2)C1. The Morgan fingerprint density at radius 2 is 1.70 bits per heavy atom. The monoisotopic (exact) mass is 282 g/mol. The number of hydrogen-bond acceptors (Lipinski definition) is 3. The van der Waals surface area contributed by atoms with E-state index >= 15 is 0 Å². The highest BCUT2D eigenvalue weighted by molar-refractivity contribution is 4.79. The third-order valence-corrected chi connectivity index (χ3v) is 4.88. The second-order valence-electron chi connectivity index (χ2n) is 7.53. The Morgan fingerprint density at radius 3 is 2.30 bits per heavy atom. The summed E-state index contributed by atoms with van der Waals surface area (Å²) in [6, 6.07) is 0. The summed E-state index contributed by atoms with van der Waals surface area (Å²) >= 11 is 0. The smallest absolute Gasteiger partial charge is 0.0829 e. The van der Waals surface area contributed by atoms with Crippen LogP contribution in [0.5, 0.6) is 0 Å². The Morgan fingerprint density at radius 1 is 1.00 bits per heavy atom. The van der Waals surface area contributed by atoms with Crippen LogP contribution in [0.15, 0.2) is 0 Å². The molecule has 2 fully saturated rings. The van der Waals surface area contributed by atoms with Crippen molar-refractivity contribution >= 4 is 0 Å². The van der Waals surface area contributed by atoms with E-state index in [1.807, 2.05) is 0 Å². The van der Waals surface area contributed by atoms with Gasteiger partial charge in [0.2, 0.25) is 0 Å². The van der Waals surface area contributed by atoms with Gasteiger partial charge in [0, 0.05) is 26.2 Å². The van der Waals surface area contributed by atoms with Gasteiger partial charge < -0.3 is 9.64 Å². The lowest BCUT2D eigenvalue weighted by molar-refractivity contribution is -0.0499. The minimum Gasteiger partial charge on any atom is -0.374 e. The molecule has 0 aromatic heterocycles. The molecule has 3 nitrogen and oxygen atoms in total. The molecule has 2 aliphatic heterocycles. The predicted octanol–water partition coefficient (Wildman–Crippen LogP) is 2.71. The van der Waals surface area contributed by atoms with E-state index < -0.39 is 0 Å². The minimum absolute atomic E-state index is 0.429. The second kappa shape index (κ2) is 7.77. The first-order valence-corrected chi connectivity index (χ1v) is 8.61. The lowest BCUT2D eigenvalue weighted by Gasteiger charge is -2.39. The lowest BCUT2D eigenvalue weighted by atomic mass is 9.86. The van der Waals surface area contributed by atoms with E-state index in [9.17, 15) is 0 Å². The molecule has 0 N–H and O–H groups in total. The Balaban J connectivity index is 1.71. The van der Waals surface area contributed by atoms with Gasteiger partial charge in [-0.2, -0.15) is 0 Å². The molecule has 0 bridgehead atoms. The summed E-state index contributed by atoms with van der Waals surface area (Å²) in [6.45, 7) is 17.4. The van der Waals surface area contributed by atoms with Crippen LogP contribution in [-0.2, 0) is 4.74 Å². The van der Waals surface area contributed by atoms with E-state index in [0.717, 1.165) is 44.0 Å². The fourth-order valence-electron chi connectivity index (χ4n) is 3.66. The lowest BCUT2D eigenvalue weighted by Crippen LogP contribution is -2.49. The molecule has 2 rings (SSSR count). The van der Waals surface area contributed by atoms with E-state index in [0.29, 0.717) is 6.10 Å². The molecule has 2 heterocycles. The Labute approximate surface area is 125 Å². The molecule has 118 valence electrons. The summed E-state index contributed by atoms with van der Waals surface area (Å²) in [5.74, 6) is 2.55. The van der Waals surface area contributed by atoms with Crippen molar-refractivity contribution in [1.82, 2.24) is 9.80 Å². The Bertz CT molecular complexity index is 272. The second-order valence-corrected chi connectivity index (χ2v) is 7.53. The first kappa shape index (κ1) is 16.3. The molecule has 0 aromatic rings. The number of hydrogen-bond donors (Lipinski definition) is 0. The van der Waals surface area contributed by atoms with Crippen molar-refractivity contribution in [3.05, 3.63) is 0 Å². The van der Waals surface area contributed by atoms with E-state index in [2.05, 4.69) is 37.5 Å². The highest BCUT2D eigenvalue weighted by Crippen LogP contribution is 2.24. The summed E-state index contributed by atoms with van der Waals surface area (Å²) in [6.07, 6.45) is 3.18. The molecule has 0 saturated carbocycles. The first-order valence-electron chi connectivity index (χ1n) is 8.61. The van der Waals surface area contributed by atoms with Crippen molar-refractivity contribution in [2.24, 2.45) is 17.8 Å². The summed E-state index contributed by atoms with van der Waals surface area (Å²) in [4.78, 5) is 5.21. The highest BCUT2D eigenvalue weighted by atomic mass is 16.5. The average Bonchev–Trinajstić information content (AvgIpc) is 2.39. The maximum atomic E-state index is 5.98. The molecule has 0 spiro atoms. The summed E-state index contributed by atoms with van der Waals surface area (Å²) < 4.78 is 5.98. The molecule has 2 saturated heterocycles. The van der Waals surface area contributed by atoms with Gasteiger partial charge in [-0.25, -0.2) is 0 Å². The molecule has 0 amide bonds. The van der Waals surface area contributed by atoms with E-state index in [4.69, 9.17) is 4.74 Å². The first-order chi connectivity index (χ1) is 9.54. The van der Waals surface area contributed by atoms with Crippen molar-refractivity contribution in [2.75, 3.05) is 45.9 Å². The van der Waals surface area contributed by atoms with Crippen LogP contribution in [0.3, 0.4) is 0 Å². The largest absolute Gasteiger partial charge is 0.374 e. The zero-order chi connectivity index (χ0) is 14.5. The van der Waals surface area contributed by atoms with Gasteiger partial charge in [0.15, 0.2) is 0 Å². The highest BCUT2D eigenvalue weighted by Gasteiger charge is 2.26. The van der Waals surface area contributed by atoms with Gasteiger partial charge in [-0.1, -0.05) is 27.7 Å². The maximum absolute atomic E-state index is 5.98. The zero-order valence-electron chi connectivity index (χ0n) is 14.0. The van der Waals surface area contributed by atoms with Gasteiger partial charge in [0.25, 0.3) is 0 Å². The molecule has 0 aromatic carbocycles. The number of rotatable bonds is 5. The van der Waals surface area contributed by atoms with Crippen LogP contribution in [0.1, 0.15) is 40.5 Å². The molecule has 0 aliphatic carbocycles. The van der Waals surface area contributed by atoms with Crippen LogP contribution in [-0.4, -0.2) is 61.8 Å². The van der Waals surface area contributed by atoms with Gasteiger partial charge in [-0.05, 0) is 43.7 Å². The van der Waals surface area contributed by atoms with Crippen molar-refractivity contribution in [2.45, 2.75) is 46.6 Å². The van der Waals surface area contributed by atoms with Gasteiger partial charge in [0.05, 0.1) is 12.7 Å². The van der Waals surface area contributed by atoms with Gasteiger partial charge in [-0.3, -0.25) is 4.90 Å². The van der Waals surface area contributed by atoms with Crippen molar-refractivity contribution < 1.29 is 4.74 Å². The summed E-state index contributed by atoms with van der Waals surface area (Å²) in [7, 11) is 0. The molecule has 20 heavy (non-hydrogen) atoms. The zero-order valence-corrected chi connectivity index (χ0v) is 14.0. The fourth-order valence-corrected chi connectivity index (χ4v) is 3.66. The van der Waals surface area contributed by atoms with Crippen molar-refractivity contribution in [3.63, 3.8) is 0 Å². The Kier molecular flexibility index (Phi) is 6.31. The predicted molar refractivity (Wildman–Crippen MR) is 85.0 cm³/mol. The third kappa shape index (κ3) is 5.01. The van der Waals surface area contributed by atoms with E-state index in [1.165, 1.54) is 32.5 Å². The molecular formula is C17H34N2O. The Hall–Kier alpha value is -0.120. The number of morpholine rings is 1. The third-order valence-electron chi connectivity index (χ3n) is 4.88. The molecule has 1 atom stereocenters. The minimum atomic E-state index is 0.429. The standard InChI is InChI=1S/C17H34N2O/c1-14(2)11-19-9-10-20-17(13-19)12-18-7-5-16(6-8-18)15(3)4/h14-17H,5-13H2,1-4H3/t17-/m1/s1. The van der Waals surface area contributed by atoms with Crippen molar-refractivity contribution in [3.8, 4) is 0 Å². The number of nitrogens with zero attached hydrogens (tertiary/aromatic N) is 2. The molecule has 0 unspecified atom stereocenters. The van der Waals surface area contributed by atoms with Crippen LogP contribution in [0.25, 0.3) is 0 Å². The van der Waals surface area contributed by atoms with E-state index in [1.54, 1.807) is 0 Å².